The number of carbonyl (C=O) groups excluding carboxylic acids is 1. The molecule has 0 bridgehead atoms. The summed E-state index contributed by atoms with van der Waals surface area (Å²) in [4.78, 5) is 18.3. The van der Waals surface area contributed by atoms with Gasteiger partial charge in [-0.1, -0.05) is 50.2 Å². The molecular formula is C23H22N8O2. The second-order valence-corrected chi connectivity index (χ2v) is 8.73. The minimum atomic E-state index is -0.171. The molecule has 0 spiro atoms. The molecule has 0 radical (unpaired) electrons. The topological polar surface area (TPSA) is 127 Å². The molecule has 0 aliphatic carbocycles. The predicted molar refractivity (Wildman–Crippen MR) is 122 cm³/mol. The molecule has 166 valence electrons. The van der Waals surface area contributed by atoms with Crippen molar-refractivity contribution in [1.29, 1.82) is 0 Å². The van der Waals surface area contributed by atoms with E-state index < -0.39 is 0 Å². The van der Waals surface area contributed by atoms with Crippen molar-refractivity contribution in [3.05, 3.63) is 66.3 Å². The van der Waals surface area contributed by atoms with Gasteiger partial charge in [-0.3, -0.25) is 9.89 Å². The third-order valence-electron chi connectivity index (χ3n) is 5.17. The van der Waals surface area contributed by atoms with Gasteiger partial charge in [-0.25, -0.2) is 4.98 Å². The highest BCUT2D eigenvalue weighted by molar-refractivity contribution is 5.91. The summed E-state index contributed by atoms with van der Waals surface area (Å²) < 4.78 is 5.31. The minimum Gasteiger partial charge on any atom is -0.359 e. The number of nitrogens with one attached hydrogen (secondary N) is 2. The Hall–Kier alpha value is -4.34. The number of amides is 1. The summed E-state index contributed by atoms with van der Waals surface area (Å²) in [6.45, 7) is 6.07. The van der Waals surface area contributed by atoms with E-state index in [0.29, 0.717) is 17.3 Å². The van der Waals surface area contributed by atoms with Gasteiger partial charge in [0.25, 0.3) is 0 Å². The highest BCUT2D eigenvalue weighted by Crippen LogP contribution is 2.26. The Kier molecular flexibility index (Phi) is 4.97. The van der Waals surface area contributed by atoms with Crippen LogP contribution in [0, 0.1) is 0 Å². The van der Waals surface area contributed by atoms with Gasteiger partial charge in [0.2, 0.25) is 11.7 Å². The van der Waals surface area contributed by atoms with Gasteiger partial charge in [0.1, 0.15) is 5.76 Å². The predicted octanol–water partition coefficient (Wildman–Crippen LogP) is 3.67. The van der Waals surface area contributed by atoms with Crippen LogP contribution in [-0.4, -0.2) is 41.2 Å². The van der Waals surface area contributed by atoms with Crippen molar-refractivity contribution in [2.75, 3.05) is 5.32 Å². The zero-order chi connectivity index (χ0) is 23.0. The van der Waals surface area contributed by atoms with Crippen molar-refractivity contribution in [3.63, 3.8) is 0 Å². The SMILES string of the molecule is CC(C)(C)c1cc(NC(=O)Cc2ccc(-c3cnc4[nH]nc(-n5nccn5)c4c3)cc2)no1. The van der Waals surface area contributed by atoms with Crippen LogP contribution >= 0.6 is 0 Å². The Bertz CT molecular complexity index is 1410. The van der Waals surface area contributed by atoms with E-state index in [1.807, 2.05) is 51.1 Å². The standard InChI is InChI=1S/C23H22N8O2/c1-23(2,3)18-12-19(30-33-18)27-20(32)10-14-4-6-15(7-5-14)16-11-17-21(24-13-16)28-29-22(17)31-25-8-9-26-31/h4-9,11-13H,10H2,1-3H3,(H,24,28,29)(H,27,30,32). The van der Waals surface area contributed by atoms with Crippen LogP contribution in [0.25, 0.3) is 28.0 Å². The zero-order valence-corrected chi connectivity index (χ0v) is 18.4. The lowest BCUT2D eigenvalue weighted by Gasteiger charge is -2.12. The van der Waals surface area contributed by atoms with Crippen LogP contribution in [0.4, 0.5) is 5.82 Å². The molecule has 33 heavy (non-hydrogen) atoms. The molecular weight excluding hydrogens is 420 g/mol. The van der Waals surface area contributed by atoms with Gasteiger partial charge < -0.3 is 9.84 Å². The Morgan fingerprint density at radius 1 is 1.09 bits per heavy atom. The lowest BCUT2D eigenvalue weighted by molar-refractivity contribution is -0.115. The molecule has 4 heterocycles. The van der Waals surface area contributed by atoms with E-state index in [9.17, 15) is 4.79 Å². The molecule has 0 unspecified atom stereocenters. The summed E-state index contributed by atoms with van der Waals surface area (Å²) >= 11 is 0. The maximum Gasteiger partial charge on any atom is 0.230 e. The molecule has 2 N–H and O–H groups in total. The maximum atomic E-state index is 12.4. The lowest BCUT2D eigenvalue weighted by atomic mass is 9.93. The number of carbonyl (C=O) groups is 1. The van der Waals surface area contributed by atoms with Crippen LogP contribution in [0.2, 0.25) is 0 Å². The number of H-pyrrole nitrogens is 1. The summed E-state index contributed by atoms with van der Waals surface area (Å²) in [7, 11) is 0. The molecule has 4 aromatic heterocycles. The Morgan fingerprint density at radius 2 is 1.85 bits per heavy atom. The number of benzene rings is 1. The fraction of sp³-hybridized carbons (Fsp3) is 0.217. The van der Waals surface area contributed by atoms with Crippen LogP contribution in [0.5, 0.6) is 0 Å². The number of hydrogen-bond donors (Lipinski definition) is 2. The molecule has 1 aromatic carbocycles. The summed E-state index contributed by atoms with van der Waals surface area (Å²) in [5.74, 6) is 1.56. The van der Waals surface area contributed by atoms with Gasteiger partial charge in [0.05, 0.1) is 24.2 Å². The number of aromatic amines is 1. The molecule has 1 amide bonds. The van der Waals surface area contributed by atoms with Crippen molar-refractivity contribution in [2.24, 2.45) is 0 Å². The highest BCUT2D eigenvalue weighted by Gasteiger charge is 2.20. The lowest BCUT2D eigenvalue weighted by Crippen LogP contribution is -2.14. The van der Waals surface area contributed by atoms with E-state index in [0.717, 1.165) is 27.8 Å². The highest BCUT2D eigenvalue weighted by atomic mass is 16.5. The molecule has 10 nitrogen and oxygen atoms in total. The molecule has 5 aromatic rings. The first kappa shape index (κ1) is 20.6. The molecule has 0 aliphatic heterocycles. The van der Waals surface area contributed by atoms with Crippen LogP contribution < -0.4 is 5.32 Å². The fourth-order valence-electron chi connectivity index (χ4n) is 3.40. The molecule has 0 saturated carbocycles. The van der Waals surface area contributed by atoms with Crippen LogP contribution in [-0.2, 0) is 16.6 Å². The van der Waals surface area contributed by atoms with Gasteiger partial charge in [-0.2, -0.15) is 15.3 Å². The number of fused-ring (bicyclic) bond motifs is 1. The van der Waals surface area contributed by atoms with Crippen LogP contribution in [0.1, 0.15) is 32.1 Å². The number of anilines is 1. The Balaban J connectivity index is 1.30. The normalized spacial score (nSPS) is 11.7. The molecule has 5 rings (SSSR count). The second-order valence-electron chi connectivity index (χ2n) is 8.73. The molecule has 0 fully saturated rings. The average Bonchev–Trinajstić information content (AvgIpc) is 3.53. The van der Waals surface area contributed by atoms with Crippen molar-refractivity contribution in [3.8, 4) is 16.9 Å². The summed E-state index contributed by atoms with van der Waals surface area (Å²) in [5.41, 5.74) is 3.26. The number of pyridine rings is 1. The van der Waals surface area contributed by atoms with Crippen molar-refractivity contribution < 1.29 is 9.32 Å². The van der Waals surface area contributed by atoms with E-state index in [1.165, 1.54) is 4.80 Å². The third kappa shape index (κ3) is 4.22. The first-order valence-corrected chi connectivity index (χ1v) is 10.4. The van der Waals surface area contributed by atoms with Gasteiger partial charge in [-0.15, -0.1) is 4.80 Å². The first-order valence-electron chi connectivity index (χ1n) is 10.4. The molecule has 0 aliphatic rings. The Labute approximate surface area is 189 Å². The van der Waals surface area contributed by atoms with Gasteiger partial charge in [-0.05, 0) is 17.2 Å². The van der Waals surface area contributed by atoms with E-state index in [2.05, 4.69) is 35.9 Å². The third-order valence-corrected chi connectivity index (χ3v) is 5.17. The smallest absolute Gasteiger partial charge is 0.230 e. The van der Waals surface area contributed by atoms with Gasteiger partial charge in [0, 0.05) is 23.2 Å². The summed E-state index contributed by atoms with van der Waals surface area (Å²) in [5, 5.41) is 23.0. The molecule has 0 saturated heterocycles. The molecule has 0 atom stereocenters. The average molecular weight is 442 g/mol. The van der Waals surface area contributed by atoms with Crippen LogP contribution in [0.3, 0.4) is 0 Å². The zero-order valence-electron chi connectivity index (χ0n) is 18.4. The first-order chi connectivity index (χ1) is 15.9. The van der Waals surface area contributed by atoms with E-state index >= 15 is 0 Å². The maximum absolute atomic E-state index is 12.4. The van der Waals surface area contributed by atoms with Crippen molar-refractivity contribution in [2.45, 2.75) is 32.6 Å². The molecule has 10 heteroatoms. The number of aromatic nitrogens is 7. The van der Waals surface area contributed by atoms with Crippen molar-refractivity contribution in [1.82, 2.24) is 35.3 Å². The summed E-state index contributed by atoms with van der Waals surface area (Å²) in [6, 6.07) is 11.5. The monoisotopic (exact) mass is 442 g/mol. The number of nitrogens with zero attached hydrogens (tertiary/aromatic N) is 6. The minimum absolute atomic E-state index is 0.158. The Morgan fingerprint density at radius 3 is 2.55 bits per heavy atom. The van der Waals surface area contributed by atoms with Crippen molar-refractivity contribution >= 4 is 22.8 Å². The van der Waals surface area contributed by atoms with Gasteiger partial charge in [0.15, 0.2) is 11.5 Å². The van der Waals surface area contributed by atoms with E-state index in [1.54, 1.807) is 24.7 Å². The largest absolute Gasteiger partial charge is 0.359 e. The van der Waals surface area contributed by atoms with Crippen LogP contribution in [0.15, 0.2) is 59.5 Å². The number of hydrogen-bond acceptors (Lipinski definition) is 7. The fourth-order valence-corrected chi connectivity index (χ4v) is 3.40. The summed E-state index contributed by atoms with van der Waals surface area (Å²) in [6.07, 6.45) is 5.20. The quantitative estimate of drug-likeness (QED) is 0.425. The van der Waals surface area contributed by atoms with Gasteiger partial charge >= 0.3 is 0 Å². The second kappa shape index (κ2) is 7.97. The number of rotatable bonds is 5. The van der Waals surface area contributed by atoms with E-state index in [4.69, 9.17) is 4.52 Å². The van der Waals surface area contributed by atoms with E-state index in [-0.39, 0.29) is 17.7 Å².